The van der Waals surface area contributed by atoms with Crippen molar-refractivity contribution in [1.29, 1.82) is 0 Å². The Morgan fingerprint density at radius 1 is 1.14 bits per heavy atom. The smallest absolute Gasteiger partial charge is 0.208 e. The minimum Gasteiger partial charge on any atom is -0.353 e. The Balaban J connectivity index is 1.77. The zero-order valence-corrected chi connectivity index (χ0v) is 13.3. The molecule has 4 fully saturated rings. The Morgan fingerprint density at radius 3 is 2.73 bits per heavy atom. The first-order valence-electron chi connectivity index (χ1n) is 8.30. The van der Waals surface area contributed by atoms with E-state index in [0.29, 0.717) is 5.92 Å². The highest BCUT2D eigenvalue weighted by Gasteiger charge is 2.63. The largest absolute Gasteiger partial charge is 0.353 e. The molecule has 1 saturated carbocycles. The first-order valence-corrected chi connectivity index (χ1v) is 8.30. The Hall–Kier alpha value is -0.940. The van der Waals surface area contributed by atoms with Crippen molar-refractivity contribution in [2.24, 2.45) is 5.92 Å². The first kappa shape index (κ1) is 14.6. The molecule has 3 heterocycles. The summed E-state index contributed by atoms with van der Waals surface area (Å²) in [4.78, 5) is 11.8. The van der Waals surface area contributed by atoms with Gasteiger partial charge in [0.05, 0.1) is 0 Å². The molecule has 0 amide bonds. The van der Waals surface area contributed by atoms with E-state index in [2.05, 4.69) is 24.3 Å². The number of hydrogen-bond donors (Lipinski definition) is 0. The van der Waals surface area contributed by atoms with E-state index in [1.165, 1.54) is 12.0 Å². The van der Waals surface area contributed by atoms with Crippen molar-refractivity contribution in [3.8, 4) is 0 Å². The van der Waals surface area contributed by atoms with E-state index in [-0.39, 0.29) is 12.2 Å². The second-order valence-corrected chi connectivity index (χ2v) is 6.96. The van der Waals surface area contributed by atoms with E-state index in [1.54, 1.807) is 7.11 Å². The highest BCUT2D eigenvalue weighted by Crippen LogP contribution is 2.56. The molecule has 0 N–H and O–H groups in total. The summed E-state index contributed by atoms with van der Waals surface area (Å²) in [6, 6.07) is 10.5. The molecule has 4 nitrogen and oxygen atoms in total. The Morgan fingerprint density at radius 2 is 1.95 bits per heavy atom. The van der Waals surface area contributed by atoms with Crippen LogP contribution in [0.1, 0.15) is 50.5 Å². The van der Waals surface area contributed by atoms with Crippen LogP contribution in [0.5, 0.6) is 0 Å². The summed E-state index contributed by atoms with van der Waals surface area (Å²) in [6.45, 7) is 1.97. The van der Waals surface area contributed by atoms with Crippen molar-refractivity contribution >= 4 is 0 Å². The molecule has 5 rings (SSSR count). The van der Waals surface area contributed by atoms with Gasteiger partial charge >= 0.3 is 0 Å². The fourth-order valence-corrected chi connectivity index (χ4v) is 4.52. The lowest BCUT2D eigenvalue weighted by Crippen LogP contribution is -2.59. The molecule has 1 aliphatic carbocycles. The molecule has 5 atom stereocenters. The van der Waals surface area contributed by atoms with Gasteiger partial charge in [-0.3, -0.25) is 0 Å². The molecular weight excluding hydrogens is 280 g/mol. The molecular formula is C18H24O4. The number of methoxy groups -OCH3 is 1. The van der Waals surface area contributed by atoms with Crippen molar-refractivity contribution in [3.63, 3.8) is 0 Å². The summed E-state index contributed by atoms with van der Waals surface area (Å²) in [5, 5.41) is 0. The summed E-state index contributed by atoms with van der Waals surface area (Å²) < 4.78 is 12.0. The van der Waals surface area contributed by atoms with Crippen LogP contribution >= 0.6 is 0 Å². The quantitative estimate of drug-likeness (QED) is 0.779. The molecule has 22 heavy (non-hydrogen) atoms. The van der Waals surface area contributed by atoms with Gasteiger partial charge in [-0.1, -0.05) is 43.2 Å². The van der Waals surface area contributed by atoms with E-state index in [1.807, 2.05) is 13.0 Å². The van der Waals surface area contributed by atoms with Crippen LogP contribution in [0.4, 0.5) is 0 Å². The van der Waals surface area contributed by atoms with Gasteiger partial charge in [0.25, 0.3) is 0 Å². The fourth-order valence-electron chi connectivity index (χ4n) is 4.52. The minimum atomic E-state index is -0.801. The van der Waals surface area contributed by atoms with Gasteiger partial charge in [-0.2, -0.15) is 4.89 Å². The van der Waals surface area contributed by atoms with Crippen LogP contribution in [0.2, 0.25) is 0 Å². The molecule has 2 bridgehead atoms. The van der Waals surface area contributed by atoms with E-state index in [4.69, 9.17) is 19.2 Å². The molecule has 3 saturated heterocycles. The van der Waals surface area contributed by atoms with Crippen LogP contribution < -0.4 is 0 Å². The molecule has 120 valence electrons. The van der Waals surface area contributed by atoms with Crippen molar-refractivity contribution in [3.05, 3.63) is 35.9 Å². The van der Waals surface area contributed by atoms with Gasteiger partial charge in [0, 0.05) is 13.0 Å². The predicted molar refractivity (Wildman–Crippen MR) is 80.9 cm³/mol. The van der Waals surface area contributed by atoms with Gasteiger partial charge in [0.15, 0.2) is 11.9 Å². The van der Waals surface area contributed by atoms with Crippen LogP contribution in [0.3, 0.4) is 0 Å². The van der Waals surface area contributed by atoms with Gasteiger partial charge in [-0.05, 0) is 37.7 Å². The van der Waals surface area contributed by atoms with Crippen LogP contribution in [0.25, 0.3) is 0 Å². The lowest BCUT2D eigenvalue weighted by Gasteiger charge is -2.49. The topological polar surface area (TPSA) is 36.9 Å². The molecule has 4 aliphatic rings. The number of rotatable bonds is 2. The van der Waals surface area contributed by atoms with Gasteiger partial charge in [-0.25, -0.2) is 4.89 Å². The third-order valence-corrected chi connectivity index (χ3v) is 5.73. The molecule has 0 radical (unpaired) electrons. The van der Waals surface area contributed by atoms with Crippen LogP contribution in [-0.2, 0) is 19.2 Å². The lowest BCUT2D eigenvalue weighted by atomic mass is 9.70. The summed E-state index contributed by atoms with van der Waals surface area (Å²) >= 11 is 0. The maximum Gasteiger partial charge on any atom is 0.208 e. The standard InChI is InChI=1S/C18H24O4/c1-17-15(13-8-4-3-5-9-13)12-14-10-6-7-11-18(14,22-21-17)16(19-2)20-17/h3-5,8-9,14-16H,6-7,10-12H2,1-2H3/t14-,15+,16+,17-,18+/m1/s1. The SMILES string of the molecule is CO[C@H]1O[C@]2(C)OO[C@]13CCCC[C@@H]3C[C@H]2c1ccccc1. The van der Waals surface area contributed by atoms with E-state index in [9.17, 15) is 0 Å². The van der Waals surface area contributed by atoms with Crippen LogP contribution in [0, 0.1) is 5.92 Å². The summed E-state index contributed by atoms with van der Waals surface area (Å²) in [6.07, 6.45) is 5.12. The Bertz CT molecular complexity index is 533. The molecule has 3 aliphatic heterocycles. The molecule has 4 heteroatoms. The number of fused-ring (bicyclic) bond motifs is 3. The Labute approximate surface area is 131 Å². The van der Waals surface area contributed by atoms with Crippen LogP contribution in [0.15, 0.2) is 30.3 Å². The third kappa shape index (κ3) is 2.05. The van der Waals surface area contributed by atoms with Crippen molar-refractivity contribution in [2.75, 3.05) is 7.11 Å². The van der Waals surface area contributed by atoms with Gasteiger partial charge in [0.2, 0.25) is 5.79 Å². The first-order chi connectivity index (χ1) is 10.7. The molecule has 0 unspecified atom stereocenters. The number of benzene rings is 1. The second-order valence-electron chi connectivity index (χ2n) is 6.96. The number of ether oxygens (including phenoxy) is 2. The van der Waals surface area contributed by atoms with Gasteiger partial charge in [0.1, 0.15) is 0 Å². The Kier molecular flexibility index (Phi) is 3.53. The summed E-state index contributed by atoms with van der Waals surface area (Å²) in [5.74, 6) is -0.246. The predicted octanol–water partition coefficient (Wildman–Crippen LogP) is 3.77. The normalized spacial score (nSPS) is 44.4. The van der Waals surface area contributed by atoms with Crippen molar-refractivity contribution in [1.82, 2.24) is 0 Å². The highest BCUT2D eigenvalue weighted by atomic mass is 17.3. The van der Waals surface area contributed by atoms with Crippen molar-refractivity contribution in [2.45, 2.75) is 62.6 Å². The van der Waals surface area contributed by atoms with E-state index in [0.717, 1.165) is 25.7 Å². The van der Waals surface area contributed by atoms with E-state index >= 15 is 0 Å². The summed E-state index contributed by atoms with van der Waals surface area (Å²) in [7, 11) is 1.70. The minimum absolute atomic E-state index is 0.152. The molecule has 0 aromatic heterocycles. The average Bonchev–Trinajstić information content (AvgIpc) is 2.76. The molecule has 1 aromatic rings. The fraction of sp³-hybridized carbons (Fsp3) is 0.667. The monoisotopic (exact) mass is 304 g/mol. The highest BCUT2D eigenvalue weighted by molar-refractivity contribution is 5.23. The zero-order chi connectivity index (χ0) is 15.2. The maximum absolute atomic E-state index is 6.30. The van der Waals surface area contributed by atoms with Crippen LogP contribution in [-0.4, -0.2) is 24.8 Å². The molecule has 1 aromatic carbocycles. The van der Waals surface area contributed by atoms with E-state index < -0.39 is 11.4 Å². The van der Waals surface area contributed by atoms with Crippen molar-refractivity contribution < 1.29 is 19.2 Å². The van der Waals surface area contributed by atoms with Gasteiger partial charge < -0.3 is 9.47 Å². The summed E-state index contributed by atoms with van der Waals surface area (Å²) in [5.41, 5.74) is 0.794. The second kappa shape index (κ2) is 5.31. The third-order valence-electron chi connectivity index (χ3n) is 5.73. The number of hydrogen-bond acceptors (Lipinski definition) is 4. The maximum atomic E-state index is 6.30. The zero-order valence-electron chi connectivity index (χ0n) is 13.3. The lowest BCUT2D eigenvalue weighted by molar-refractivity contribution is -0.550. The molecule has 1 spiro atoms. The van der Waals surface area contributed by atoms with Gasteiger partial charge in [-0.15, -0.1) is 0 Å². The average molecular weight is 304 g/mol.